The first-order valence-electron chi connectivity index (χ1n) is 6.92. The van der Waals surface area contributed by atoms with Gasteiger partial charge in [-0.15, -0.1) is 0 Å². The third-order valence-corrected chi connectivity index (χ3v) is 3.35. The summed E-state index contributed by atoms with van der Waals surface area (Å²) in [7, 11) is 3.51. The highest BCUT2D eigenvalue weighted by Crippen LogP contribution is 2.16. The van der Waals surface area contributed by atoms with Gasteiger partial charge in [0.15, 0.2) is 0 Å². The standard InChI is InChI=1S/C15H25N3O3/c1-11(15(20)17-16)13-6-4-12(5-7-13)8-18(2)9-14(19)10-21-3/h4-7,11,14,19H,8-10,16H2,1-3H3,(H,17,20). The number of aliphatic hydroxyl groups is 1. The molecule has 118 valence electrons. The number of likely N-dealkylation sites (N-methyl/N-ethyl adjacent to an activating group) is 1. The molecule has 1 aromatic carbocycles. The lowest BCUT2D eigenvalue weighted by Gasteiger charge is -2.20. The Morgan fingerprint density at radius 2 is 2.05 bits per heavy atom. The monoisotopic (exact) mass is 295 g/mol. The van der Waals surface area contributed by atoms with Crippen molar-refractivity contribution in [1.29, 1.82) is 0 Å². The Morgan fingerprint density at radius 1 is 1.43 bits per heavy atom. The highest BCUT2D eigenvalue weighted by atomic mass is 16.5. The average Bonchev–Trinajstić information content (AvgIpc) is 2.46. The zero-order chi connectivity index (χ0) is 15.8. The molecule has 0 saturated heterocycles. The molecule has 21 heavy (non-hydrogen) atoms. The highest BCUT2D eigenvalue weighted by molar-refractivity contribution is 5.82. The smallest absolute Gasteiger partial charge is 0.241 e. The maximum Gasteiger partial charge on any atom is 0.241 e. The topological polar surface area (TPSA) is 87.8 Å². The largest absolute Gasteiger partial charge is 0.389 e. The van der Waals surface area contributed by atoms with Gasteiger partial charge in [-0.05, 0) is 25.1 Å². The number of aliphatic hydroxyl groups excluding tert-OH is 1. The minimum atomic E-state index is -0.493. The fourth-order valence-corrected chi connectivity index (χ4v) is 2.17. The zero-order valence-electron chi connectivity index (χ0n) is 12.9. The van der Waals surface area contributed by atoms with Crippen LogP contribution in [0.4, 0.5) is 0 Å². The van der Waals surface area contributed by atoms with E-state index in [-0.39, 0.29) is 11.8 Å². The Kier molecular flexibility index (Phi) is 7.31. The van der Waals surface area contributed by atoms with Crippen LogP contribution in [0.15, 0.2) is 24.3 Å². The highest BCUT2D eigenvalue weighted by Gasteiger charge is 2.14. The van der Waals surface area contributed by atoms with E-state index in [9.17, 15) is 9.90 Å². The number of nitrogens with two attached hydrogens (primary N) is 1. The van der Waals surface area contributed by atoms with Crippen LogP contribution in [0.25, 0.3) is 0 Å². The summed E-state index contributed by atoms with van der Waals surface area (Å²) in [6.07, 6.45) is -0.493. The quantitative estimate of drug-likeness (QED) is 0.363. The number of carbonyl (C=O) groups is 1. The molecule has 0 spiro atoms. The number of amides is 1. The molecule has 0 aliphatic heterocycles. The predicted octanol–water partition coefficient (Wildman–Crippen LogP) is 0.219. The van der Waals surface area contributed by atoms with Crippen LogP contribution in [0.2, 0.25) is 0 Å². The van der Waals surface area contributed by atoms with Gasteiger partial charge in [0.1, 0.15) is 0 Å². The summed E-state index contributed by atoms with van der Waals surface area (Å²) in [4.78, 5) is 13.5. The first kappa shape index (κ1) is 17.6. The van der Waals surface area contributed by atoms with E-state index < -0.39 is 6.10 Å². The van der Waals surface area contributed by atoms with Gasteiger partial charge in [-0.25, -0.2) is 5.84 Å². The van der Waals surface area contributed by atoms with Gasteiger partial charge in [0, 0.05) is 20.2 Å². The molecule has 2 atom stereocenters. The number of methoxy groups -OCH3 is 1. The Labute approximate surface area is 125 Å². The predicted molar refractivity (Wildman–Crippen MR) is 81.4 cm³/mol. The van der Waals surface area contributed by atoms with Crippen molar-refractivity contribution in [2.45, 2.75) is 25.5 Å². The van der Waals surface area contributed by atoms with Crippen LogP contribution in [0.3, 0.4) is 0 Å². The van der Waals surface area contributed by atoms with Gasteiger partial charge in [0.25, 0.3) is 0 Å². The van der Waals surface area contributed by atoms with Crippen molar-refractivity contribution in [1.82, 2.24) is 10.3 Å². The SMILES string of the molecule is COCC(O)CN(C)Cc1ccc(C(C)C(=O)NN)cc1. The third-order valence-electron chi connectivity index (χ3n) is 3.35. The Hall–Kier alpha value is -1.47. The lowest BCUT2D eigenvalue weighted by atomic mass is 9.99. The molecule has 0 radical (unpaired) electrons. The van der Waals surface area contributed by atoms with E-state index in [4.69, 9.17) is 10.6 Å². The lowest BCUT2D eigenvalue weighted by Crippen LogP contribution is -2.33. The van der Waals surface area contributed by atoms with Crippen LogP contribution in [-0.2, 0) is 16.1 Å². The van der Waals surface area contributed by atoms with Crippen molar-refractivity contribution in [3.8, 4) is 0 Å². The maximum atomic E-state index is 11.5. The van der Waals surface area contributed by atoms with Crippen LogP contribution >= 0.6 is 0 Å². The maximum absolute atomic E-state index is 11.5. The second-order valence-electron chi connectivity index (χ2n) is 5.28. The molecule has 0 aromatic heterocycles. The van der Waals surface area contributed by atoms with Gasteiger partial charge in [0.2, 0.25) is 5.91 Å². The van der Waals surface area contributed by atoms with Crippen LogP contribution in [0.1, 0.15) is 24.0 Å². The van der Waals surface area contributed by atoms with Crippen molar-refractivity contribution < 1.29 is 14.6 Å². The third kappa shape index (κ3) is 5.81. The number of benzene rings is 1. The van der Waals surface area contributed by atoms with Gasteiger partial charge >= 0.3 is 0 Å². The summed E-state index contributed by atoms with van der Waals surface area (Å²) in [6, 6.07) is 7.81. The van der Waals surface area contributed by atoms with Gasteiger partial charge in [0.05, 0.1) is 18.6 Å². The molecule has 0 aliphatic rings. The molecular weight excluding hydrogens is 270 g/mol. The molecule has 0 bridgehead atoms. The second-order valence-corrected chi connectivity index (χ2v) is 5.28. The molecule has 0 aliphatic carbocycles. The molecule has 0 heterocycles. The fourth-order valence-electron chi connectivity index (χ4n) is 2.17. The molecule has 6 nitrogen and oxygen atoms in total. The van der Waals surface area contributed by atoms with Gasteiger partial charge < -0.3 is 9.84 Å². The summed E-state index contributed by atoms with van der Waals surface area (Å²) in [5.74, 6) is 4.66. The molecule has 0 fully saturated rings. The molecule has 1 rings (SSSR count). The molecular formula is C15H25N3O3. The lowest BCUT2D eigenvalue weighted by molar-refractivity contribution is -0.122. The van der Waals surface area contributed by atoms with Crippen LogP contribution in [0.5, 0.6) is 0 Å². The number of hydrogen-bond donors (Lipinski definition) is 3. The average molecular weight is 295 g/mol. The minimum absolute atomic E-state index is 0.206. The van der Waals surface area contributed by atoms with Crippen molar-refractivity contribution in [2.75, 3.05) is 27.3 Å². The van der Waals surface area contributed by atoms with E-state index in [1.54, 1.807) is 7.11 Å². The summed E-state index contributed by atoms with van der Waals surface area (Å²) in [6.45, 7) is 3.40. The van der Waals surface area contributed by atoms with E-state index in [1.165, 1.54) is 0 Å². The molecule has 1 amide bonds. The van der Waals surface area contributed by atoms with E-state index in [0.29, 0.717) is 13.2 Å². The zero-order valence-corrected chi connectivity index (χ0v) is 12.9. The summed E-state index contributed by atoms with van der Waals surface area (Å²) in [5, 5.41) is 9.68. The molecule has 2 unspecified atom stereocenters. The number of hydrogen-bond acceptors (Lipinski definition) is 5. The van der Waals surface area contributed by atoms with E-state index in [2.05, 4.69) is 5.43 Å². The van der Waals surface area contributed by atoms with Crippen molar-refractivity contribution in [3.63, 3.8) is 0 Å². The number of nitrogens with zero attached hydrogens (tertiary/aromatic N) is 1. The number of rotatable bonds is 8. The minimum Gasteiger partial charge on any atom is -0.389 e. The summed E-state index contributed by atoms with van der Waals surface area (Å²) < 4.78 is 4.91. The Bertz CT molecular complexity index is 436. The van der Waals surface area contributed by atoms with E-state index in [0.717, 1.165) is 17.7 Å². The van der Waals surface area contributed by atoms with Crippen LogP contribution in [0, 0.1) is 0 Å². The van der Waals surface area contributed by atoms with E-state index in [1.807, 2.05) is 43.1 Å². The van der Waals surface area contributed by atoms with Gasteiger partial charge in [-0.1, -0.05) is 24.3 Å². The Morgan fingerprint density at radius 3 is 2.57 bits per heavy atom. The van der Waals surface area contributed by atoms with Crippen LogP contribution in [-0.4, -0.2) is 49.3 Å². The number of ether oxygens (including phenoxy) is 1. The number of carbonyl (C=O) groups excluding carboxylic acids is 1. The van der Waals surface area contributed by atoms with E-state index >= 15 is 0 Å². The molecule has 4 N–H and O–H groups in total. The van der Waals surface area contributed by atoms with Crippen LogP contribution < -0.4 is 11.3 Å². The summed E-state index contributed by atoms with van der Waals surface area (Å²) in [5.41, 5.74) is 4.19. The van der Waals surface area contributed by atoms with Crippen molar-refractivity contribution in [2.24, 2.45) is 5.84 Å². The molecule has 6 heteroatoms. The van der Waals surface area contributed by atoms with Gasteiger partial charge in [-0.2, -0.15) is 0 Å². The second kappa shape index (κ2) is 8.74. The number of hydrazine groups is 1. The molecule has 1 aromatic rings. The first-order valence-corrected chi connectivity index (χ1v) is 6.92. The fraction of sp³-hybridized carbons (Fsp3) is 0.533. The normalized spacial score (nSPS) is 14.0. The van der Waals surface area contributed by atoms with Gasteiger partial charge in [-0.3, -0.25) is 15.1 Å². The Balaban J connectivity index is 2.56. The molecule has 0 saturated carbocycles. The first-order chi connectivity index (χ1) is 9.97. The van der Waals surface area contributed by atoms with Crippen molar-refractivity contribution >= 4 is 5.91 Å². The number of nitrogens with one attached hydrogen (secondary N) is 1. The van der Waals surface area contributed by atoms with Crippen molar-refractivity contribution in [3.05, 3.63) is 35.4 Å². The summed E-state index contributed by atoms with van der Waals surface area (Å²) >= 11 is 0.